The lowest BCUT2D eigenvalue weighted by Crippen LogP contribution is -2.24. The second kappa shape index (κ2) is 6.87. The van der Waals surface area contributed by atoms with Crippen LogP contribution in [0.15, 0.2) is 21.9 Å². The van der Waals surface area contributed by atoms with Crippen LogP contribution in [0.1, 0.15) is 32.1 Å². The van der Waals surface area contributed by atoms with Gasteiger partial charge in [0.25, 0.3) is 5.69 Å². The van der Waals surface area contributed by atoms with E-state index in [2.05, 4.69) is 10.8 Å². The van der Waals surface area contributed by atoms with Gasteiger partial charge < -0.3 is 0 Å². The van der Waals surface area contributed by atoms with Gasteiger partial charge in [-0.2, -0.15) is 0 Å². The minimum atomic E-state index is -3.74. The molecule has 0 fully saturated rings. The standard InChI is InChI=1S/C12H15ClN2O4S2/c13-12-10(15(16)17)8-11(20-12)21(18,19)14-7-6-9-4-2-1-3-5-9/h4,8,14H,1-3,5-7H2. The van der Waals surface area contributed by atoms with E-state index in [9.17, 15) is 18.5 Å². The molecule has 0 atom stereocenters. The fourth-order valence-corrected chi connectivity index (χ4v) is 4.88. The summed E-state index contributed by atoms with van der Waals surface area (Å²) >= 11 is 6.37. The third-order valence-electron chi connectivity index (χ3n) is 3.23. The van der Waals surface area contributed by atoms with Crippen LogP contribution in [0.5, 0.6) is 0 Å². The average Bonchev–Trinajstić information content (AvgIpc) is 2.83. The third kappa shape index (κ3) is 4.26. The van der Waals surface area contributed by atoms with Crippen molar-refractivity contribution in [2.24, 2.45) is 0 Å². The van der Waals surface area contributed by atoms with Gasteiger partial charge in [0.15, 0.2) is 4.34 Å². The Kier molecular flexibility index (Phi) is 5.37. The smallest absolute Gasteiger partial charge is 0.258 e. The molecule has 0 spiro atoms. The molecular formula is C12H15ClN2O4S2. The van der Waals surface area contributed by atoms with Crippen molar-refractivity contribution in [3.8, 4) is 0 Å². The van der Waals surface area contributed by atoms with Crippen LogP contribution in [-0.4, -0.2) is 19.9 Å². The Morgan fingerprint density at radius 2 is 2.19 bits per heavy atom. The van der Waals surface area contributed by atoms with Crippen molar-refractivity contribution in [2.75, 3.05) is 6.54 Å². The van der Waals surface area contributed by atoms with E-state index >= 15 is 0 Å². The van der Waals surface area contributed by atoms with E-state index < -0.39 is 14.9 Å². The number of rotatable bonds is 6. The molecule has 21 heavy (non-hydrogen) atoms. The summed E-state index contributed by atoms with van der Waals surface area (Å²) < 4.78 is 26.3. The predicted octanol–water partition coefficient (Wildman–Crippen LogP) is 3.48. The number of sulfonamides is 1. The van der Waals surface area contributed by atoms with Crippen molar-refractivity contribution >= 4 is 38.6 Å². The Labute approximate surface area is 132 Å². The Balaban J connectivity index is 1.99. The highest BCUT2D eigenvalue weighted by Crippen LogP contribution is 2.36. The lowest BCUT2D eigenvalue weighted by atomic mass is 9.97. The molecule has 1 aliphatic rings. The number of allylic oxidation sites excluding steroid dienone is 1. The zero-order valence-electron chi connectivity index (χ0n) is 11.2. The van der Waals surface area contributed by atoms with Gasteiger partial charge in [0, 0.05) is 12.6 Å². The fraction of sp³-hybridized carbons (Fsp3) is 0.500. The molecular weight excluding hydrogens is 336 g/mol. The fourth-order valence-electron chi connectivity index (χ4n) is 2.14. The maximum Gasteiger partial charge on any atom is 0.300 e. The molecule has 6 nitrogen and oxygen atoms in total. The van der Waals surface area contributed by atoms with Crippen molar-refractivity contribution < 1.29 is 13.3 Å². The number of hydrogen-bond donors (Lipinski definition) is 1. The van der Waals surface area contributed by atoms with Gasteiger partial charge in [-0.05, 0) is 32.1 Å². The van der Waals surface area contributed by atoms with Gasteiger partial charge in [-0.1, -0.05) is 23.3 Å². The molecule has 0 unspecified atom stereocenters. The van der Waals surface area contributed by atoms with Crippen LogP contribution in [0.25, 0.3) is 0 Å². The van der Waals surface area contributed by atoms with Crippen LogP contribution >= 0.6 is 22.9 Å². The van der Waals surface area contributed by atoms with Crippen LogP contribution in [0.3, 0.4) is 0 Å². The van der Waals surface area contributed by atoms with Gasteiger partial charge in [-0.25, -0.2) is 13.1 Å². The molecule has 1 aliphatic carbocycles. The topological polar surface area (TPSA) is 89.3 Å². The first-order chi connectivity index (χ1) is 9.90. The summed E-state index contributed by atoms with van der Waals surface area (Å²) in [6.45, 7) is 0.289. The maximum atomic E-state index is 12.1. The molecule has 1 aromatic rings. The number of thiophene rings is 1. The second-order valence-corrected chi connectivity index (χ2v) is 8.39. The zero-order valence-corrected chi connectivity index (χ0v) is 13.6. The van der Waals surface area contributed by atoms with Crippen LogP contribution in [0, 0.1) is 10.1 Å². The van der Waals surface area contributed by atoms with Crippen LogP contribution in [0.4, 0.5) is 5.69 Å². The minimum Gasteiger partial charge on any atom is -0.258 e. The first-order valence-corrected chi connectivity index (χ1v) is 9.19. The molecule has 0 radical (unpaired) electrons. The molecule has 0 aliphatic heterocycles. The molecule has 0 bridgehead atoms. The Morgan fingerprint density at radius 1 is 1.43 bits per heavy atom. The average molecular weight is 351 g/mol. The van der Waals surface area contributed by atoms with Crippen LogP contribution in [0.2, 0.25) is 4.34 Å². The maximum absolute atomic E-state index is 12.1. The normalized spacial score (nSPS) is 15.8. The molecule has 116 valence electrons. The van der Waals surface area contributed by atoms with Crippen molar-refractivity contribution in [1.82, 2.24) is 4.72 Å². The molecule has 1 heterocycles. The van der Waals surface area contributed by atoms with Gasteiger partial charge in [-0.3, -0.25) is 10.1 Å². The largest absolute Gasteiger partial charge is 0.300 e. The Morgan fingerprint density at radius 3 is 2.76 bits per heavy atom. The Bertz CT molecular complexity index is 667. The highest BCUT2D eigenvalue weighted by atomic mass is 35.5. The highest BCUT2D eigenvalue weighted by molar-refractivity contribution is 7.91. The number of halogens is 1. The zero-order chi connectivity index (χ0) is 15.5. The van der Waals surface area contributed by atoms with E-state index in [0.29, 0.717) is 17.8 Å². The molecule has 0 amide bonds. The van der Waals surface area contributed by atoms with E-state index in [1.807, 2.05) is 0 Å². The van der Waals surface area contributed by atoms with Crippen molar-refractivity contribution in [3.05, 3.63) is 32.2 Å². The Hall–Kier alpha value is -0.960. The monoisotopic (exact) mass is 350 g/mol. The summed E-state index contributed by atoms with van der Waals surface area (Å²) in [5.74, 6) is 0. The predicted molar refractivity (Wildman–Crippen MR) is 82.3 cm³/mol. The molecule has 0 saturated heterocycles. The summed E-state index contributed by atoms with van der Waals surface area (Å²) in [6, 6.07) is 0.995. The number of nitrogens with zero attached hydrogens (tertiary/aromatic N) is 1. The van der Waals surface area contributed by atoms with Crippen LogP contribution in [-0.2, 0) is 10.0 Å². The number of nitrogens with one attached hydrogen (secondary N) is 1. The summed E-state index contributed by atoms with van der Waals surface area (Å²) in [4.78, 5) is 10.00. The van der Waals surface area contributed by atoms with Gasteiger partial charge in [-0.15, -0.1) is 11.3 Å². The summed E-state index contributed by atoms with van der Waals surface area (Å²) in [6.07, 6.45) is 7.22. The molecule has 0 aromatic carbocycles. The van der Waals surface area contributed by atoms with Crippen molar-refractivity contribution in [3.63, 3.8) is 0 Å². The van der Waals surface area contributed by atoms with E-state index in [1.54, 1.807) is 0 Å². The van der Waals surface area contributed by atoms with E-state index in [1.165, 1.54) is 12.0 Å². The first kappa shape index (κ1) is 16.4. The summed E-state index contributed by atoms with van der Waals surface area (Å²) in [5, 5.41) is 10.7. The van der Waals surface area contributed by atoms with Crippen LogP contribution < -0.4 is 4.72 Å². The molecule has 1 N–H and O–H groups in total. The van der Waals surface area contributed by atoms with Gasteiger partial charge in [0.2, 0.25) is 10.0 Å². The lowest BCUT2D eigenvalue weighted by Gasteiger charge is -2.12. The van der Waals surface area contributed by atoms with Crippen molar-refractivity contribution in [2.45, 2.75) is 36.3 Å². The van der Waals surface area contributed by atoms with E-state index in [4.69, 9.17) is 11.6 Å². The first-order valence-electron chi connectivity index (χ1n) is 6.51. The summed E-state index contributed by atoms with van der Waals surface area (Å²) in [7, 11) is -3.74. The van der Waals surface area contributed by atoms with Gasteiger partial charge in [0.1, 0.15) is 4.21 Å². The molecule has 9 heteroatoms. The van der Waals surface area contributed by atoms with Crippen molar-refractivity contribution in [1.29, 1.82) is 0 Å². The number of nitro groups is 1. The van der Waals surface area contributed by atoms with Gasteiger partial charge >= 0.3 is 0 Å². The van der Waals surface area contributed by atoms with E-state index in [-0.39, 0.29) is 20.8 Å². The van der Waals surface area contributed by atoms with E-state index in [0.717, 1.165) is 25.3 Å². The quantitative estimate of drug-likeness (QED) is 0.483. The molecule has 2 rings (SSSR count). The van der Waals surface area contributed by atoms with Gasteiger partial charge in [0.05, 0.1) is 4.92 Å². The lowest BCUT2D eigenvalue weighted by molar-refractivity contribution is -0.384. The minimum absolute atomic E-state index is 0.128. The number of hydrogen-bond acceptors (Lipinski definition) is 5. The molecule has 1 aromatic heterocycles. The highest BCUT2D eigenvalue weighted by Gasteiger charge is 2.24. The molecule has 0 saturated carbocycles. The SMILES string of the molecule is O=[N+]([O-])c1cc(S(=O)(=O)NCCC2=CCCCC2)sc1Cl. The third-order valence-corrected chi connectivity index (χ3v) is 6.50. The second-order valence-electron chi connectivity index (χ2n) is 4.74. The summed E-state index contributed by atoms with van der Waals surface area (Å²) in [5.41, 5.74) is 0.885.